The molecule has 1 N–H and O–H groups in total. The zero-order valence-corrected chi connectivity index (χ0v) is 14.8. The zero-order chi connectivity index (χ0) is 17.0. The maximum atomic E-state index is 12.8. The standard InChI is InChI=1S/C15H21ClN2O4S/c1-3-17-15(19)11-5-4-8-18(10-11)23(20,21)12-6-7-14(22-2)13(16)9-12/h6-7,9,11H,3-5,8,10H2,1-2H3,(H,17,19)/t11-/m1/s1. The van der Waals surface area contributed by atoms with Crippen LogP contribution in [0.4, 0.5) is 0 Å². The fourth-order valence-corrected chi connectivity index (χ4v) is 4.52. The van der Waals surface area contributed by atoms with Crippen LogP contribution in [0, 0.1) is 5.92 Å². The first-order valence-electron chi connectivity index (χ1n) is 7.51. The number of ether oxygens (including phenoxy) is 1. The minimum atomic E-state index is -3.68. The summed E-state index contributed by atoms with van der Waals surface area (Å²) in [6.07, 6.45) is 1.35. The van der Waals surface area contributed by atoms with Gasteiger partial charge in [-0.2, -0.15) is 4.31 Å². The van der Waals surface area contributed by atoms with E-state index in [9.17, 15) is 13.2 Å². The SMILES string of the molecule is CCNC(=O)[C@@H]1CCCN(S(=O)(=O)c2ccc(OC)c(Cl)c2)C1. The molecule has 8 heteroatoms. The van der Waals surface area contributed by atoms with Crippen molar-refractivity contribution in [3.63, 3.8) is 0 Å². The second-order valence-corrected chi connectivity index (χ2v) is 7.74. The molecule has 1 aromatic carbocycles. The molecule has 0 radical (unpaired) electrons. The van der Waals surface area contributed by atoms with Crippen LogP contribution in [-0.4, -0.2) is 45.4 Å². The van der Waals surface area contributed by atoms with Crippen molar-refractivity contribution in [2.24, 2.45) is 5.92 Å². The van der Waals surface area contributed by atoms with E-state index in [4.69, 9.17) is 16.3 Å². The smallest absolute Gasteiger partial charge is 0.243 e. The number of rotatable bonds is 5. The van der Waals surface area contributed by atoms with Crippen LogP contribution >= 0.6 is 11.6 Å². The van der Waals surface area contributed by atoms with Crippen molar-refractivity contribution in [2.75, 3.05) is 26.7 Å². The number of hydrogen-bond donors (Lipinski definition) is 1. The highest BCUT2D eigenvalue weighted by atomic mass is 35.5. The van der Waals surface area contributed by atoms with E-state index in [0.29, 0.717) is 31.7 Å². The third-order valence-electron chi connectivity index (χ3n) is 3.87. The molecule has 6 nitrogen and oxygen atoms in total. The molecule has 1 aliphatic rings. The van der Waals surface area contributed by atoms with Gasteiger partial charge in [0.1, 0.15) is 5.75 Å². The van der Waals surface area contributed by atoms with Crippen molar-refractivity contribution >= 4 is 27.5 Å². The van der Waals surface area contributed by atoms with Crippen molar-refractivity contribution in [2.45, 2.75) is 24.7 Å². The lowest BCUT2D eigenvalue weighted by Gasteiger charge is -2.31. The molecule has 0 aliphatic carbocycles. The summed E-state index contributed by atoms with van der Waals surface area (Å²) in [6, 6.07) is 4.38. The molecule has 1 amide bonds. The first-order valence-corrected chi connectivity index (χ1v) is 9.33. The van der Waals surface area contributed by atoms with Gasteiger partial charge in [0, 0.05) is 19.6 Å². The Morgan fingerprint density at radius 2 is 2.22 bits per heavy atom. The minimum absolute atomic E-state index is 0.0971. The summed E-state index contributed by atoms with van der Waals surface area (Å²) in [5.74, 6) is 0.0109. The van der Waals surface area contributed by atoms with Gasteiger partial charge in [-0.3, -0.25) is 4.79 Å². The second kappa shape index (κ2) is 7.51. The summed E-state index contributed by atoms with van der Waals surface area (Å²) in [5, 5.41) is 2.99. The van der Waals surface area contributed by atoms with E-state index < -0.39 is 10.0 Å². The first kappa shape index (κ1) is 18.0. The van der Waals surface area contributed by atoms with Crippen molar-refractivity contribution < 1.29 is 17.9 Å². The van der Waals surface area contributed by atoms with Gasteiger partial charge >= 0.3 is 0 Å². The minimum Gasteiger partial charge on any atom is -0.495 e. The molecular formula is C15H21ClN2O4S. The Hall–Kier alpha value is -1.31. The van der Waals surface area contributed by atoms with Gasteiger partial charge in [-0.25, -0.2) is 8.42 Å². The number of carbonyl (C=O) groups excluding carboxylic acids is 1. The normalized spacial score (nSPS) is 19.3. The maximum absolute atomic E-state index is 12.8. The summed E-state index contributed by atoms with van der Waals surface area (Å²) >= 11 is 6.02. The molecule has 1 heterocycles. The molecule has 0 bridgehead atoms. The molecule has 0 aromatic heterocycles. The number of hydrogen-bond acceptors (Lipinski definition) is 4. The third-order valence-corrected chi connectivity index (χ3v) is 6.02. The first-order chi connectivity index (χ1) is 10.9. The fraction of sp³-hybridized carbons (Fsp3) is 0.533. The lowest BCUT2D eigenvalue weighted by Crippen LogP contribution is -2.45. The number of methoxy groups -OCH3 is 1. The molecule has 1 aliphatic heterocycles. The number of nitrogens with one attached hydrogen (secondary N) is 1. The van der Waals surface area contributed by atoms with E-state index in [0.717, 1.165) is 0 Å². The number of nitrogens with zero attached hydrogens (tertiary/aromatic N) is 1. The Bertz CT molecular complexity index is 678. The van der Waals surface area contributed by atoms with E-state index in [1.165, 1.54) is 29.6 Å². The Morgan fingerprint density at radius 1 is 1.48 bits per heavy atom. The van der Waals surface area contributed by atoms with E-state index in [1.54, 1.807) is 0 Å². The average Bonchev–Trinajstić information content (AvgIpc) is 2.55. The van der Waals surface area contributed by atoms with E-state index in [-0.39, 0.29) is 28.3 Å². The van der Waals surface area contributed by atoms with Crippen LogP contribution in [0.25, 0.3) is 0 Å². The lowest BCUT2D eigenvalue weighted by atomic mass is 9.99. The summed E-state index contributed by atoms with van der Waals surface area (Å²) in [6.45, 7) is 2.98. The van der Waals surface area contributed by atoms with Gasteiger partial charge in [0.15, 0.2) is 0 Å². The molecule has 2 rings (SSSR count). The lowest BCUT2D eigenvalue weighted by molar-refractivity contribution is -0.125. The van der Waals surface area contributed by atoms with E-state index >= 15 is 0 Å². The van der Waals surface area contributed by atoms with Gasteiger partial charge in [-0.15, -0.1) is 0 Å². The highest BCUT2D eigenvalue weighted by molar-refractivity contribution is 7.89. The molecular weight excluding hydrogens is 340 g/mol. The quantitative estimate of drug-likeness (QED) is 0.870. The number of halogens is 1. The van der Waals surface area contributed by atoms with Crippen molar-refractivity contribution in [3.8, 4) is 5.75 Å². The molecule has 128 valence electrons. The summed E-state index contributed by atoms with van der Waals surface area (Å²) in [7, 11) is -2.21. The van der Waals surface area contributed by atoms with Gasteiger partial charge in [-0.1, -0.05) is 11.6 Å². The predicted molar refractivity (Wildman–Crippen MR) is 88.2 cm³/mol. The Kier molecular flexibility index (Phi) is 5.89. The summed E-state index contributed by atoms with van der Waals surface area (Å²) in [5.41, 5.74) is 0. The molecule has 0 spiro atoms. The number of carbonyl (C=O) groups is 1. The number of benzene rings is 1. The van der Waals surface area contributed by atoms with E-state index in [2.05, 4.69) is 5.32 Å². The van der Waals surface area contributed by atoms with E-state index in [1.807, 2.05) is 6.92 Å². The monoisotopic (exact) mass is 360 g/mol. The Balaban J connectivity index is 2.21. The van der Waals surface area contributed by atoms with Crippen LogP contribution in [0.2, 0.25) is 5.02 Å². The molecule has 1 atom stereocenters. The summed E-state index contributed by atoms with van der Waals surface area (Å²) < 4.78 is 31.9. The van der Waals surface area contributed by atoms with Crippen LogP contribution < -0.4 is 10.1 Å². The highest BCUT2D eigenvalue weighted by Gasteiger charge is 2.33. The predicted octanol–water partition coefficient (Wildman–Crippen LogP) is 1.89. The van der Waals surface area contributed by atoms with Crippen LogP contribution in [0.3, 0.4) is 0 Å². The number of piperidine rings is 1. The van der Waals surface area contributed by atoms with Gasteiger partial charge in [0.05, 0.1) is 22.9 Å². The molecule has 1 fully saturated rings. The number of amides is 1. The molecule has 0 unspecified atom stereocenters. The average molecular weight is 361 g/mol. The van der Waals surface area contributed by atoms with Crippen molar-refractivity contribution in [3.05, 3.63) is 23.2 Å². The second-order valence-electron chi connectivity index (χ2n) is 5.39. The maximum Gasteiger partial charge on any atom is 0.243 e. The highest BCUT2D eigenvalue weighted by Crippen LogP contribution is 2.30. The van der Waals surface area contributed by atoms with Crippen molar-refractivity contribution in [1.82, 2.24) is 9.62 Å². The summed E-state index contributed by atoms with van der Waals surface area (Å²) in [4.78, 5) is 12.1. The third kappa shape index (κ3) is 3.97. The van der Waals surface area contributed by atoms with Crippen LogP contribution in [0.5, 0.6) is 5.75 Å². The van der Waals surface area contributed by atoms with Crippen LogP contribution in [0.1, 0.15) is 19.8 Å². The zero-order valence-electron chi connectivity index (χ0n) is 13.2. The fourth-order valence-electron chi connectivity index (χ4n) is 2.65. The largest absolute Gasteiger partial charge is 0.495 e. The number of sulfonamides is 1. The van der Waals surface area contributed by atoms with Gasteiger partial charge < -0.3 is 10.1 Å². The molecule has 1 saturated heterocycles. The molecule has 0 saturated carbocycles. The van der Waals surface area contributed by atoms with Crippen LogP contribution in [0.15, 0.2) is 23.1 Å². The van der Waals surface area contributed by atoms with Gasteiger partial charge in [0.2, 0.25) is 15.9 Å². The van der Waals surface area contributed by atoms with Crippen molar-refractivity contribution in [1.29, 1.82) is 0 Å². The Labute approximate surface area is 141 Å². The molecule has 1 aromatic rings. The Morgan fingerprint density at radius 3 is 2.83 bits per heavy atom. The van der Waals surface area contributed by atoms with Crippen LogP contribution in [-0.2, 0) is 14.8 Å². The molecule has 23 heavy (non-hydrogen) atoms. The van der Waals surface area contributed by atoms with Gasteiger partial charge in [0.25, 0.3) is 0 Å². The van der Waals surface area contributed by atoms with Gasteiger partial charge in [-0.05, 0) is 38.0 Å². The topological polar surface area (TPSA) is 75.7 Å².